The predicted octanol–water partition coefficient (Wildman–Crippen LogP) is 3.75. The Kier molecular flexibility index (Phi) is 7.60. The summed E-state index contributed by atoms with van der Waals surface area (Å²) in [5.74, 6) is 0.466. The fourth-order valence-corrected chi connectivity index (χ4v) is 4.72. The van der Waals surface area contributed by atoms with Gasteiger partial charge in [0.15, 0.2) is 0 Å². The number of phenols is 1. The van der Waals surface area contributed by atoms with E-state index in [2.05, 4.69) is 5.32 Å². The van der Waals surface area contributed by atoms with Crippen molar-refractivity contribution in [1.29, 1.82) is 0 Å². The molecule has 1 aliphatic rings. The number of amides is 2. The summed E-state index contributed by atoms with van der Waals surface area (Å²) in [4.78, 5) is 27.9. The number of carbonyl (C=O) groups excluding carboxylic acids is 2. The molecule has 36 heavy (non-hydrogen) atoms. The van der Waals surface area contributed by atoms with Gasteiger partial charge >= 0.3 is 0 Å². The van der Waals surface area contributed by atoms with Crippen LogP contribution in [-0.2, 0) is 30.8 Å². The molecule has 0 saturated carbocycles. The van der Waals surface area contributed by atoms with Gasteiger partial charge in [-0.15, -0.1) is 0 Å². The highest BCUT2D eigenvalue weighted by atomic mass is 16.5. The largest absolute Gasteiger partial charge is 0.508 e. The summed E-state index contributed by atoms with van der Waals surface area (Å²) in [6.07, 6.45) is 0.357. The lowest BCUT2D eigenvalue weighted by Crippen LogP contribution is -2.42. The van der Waals surface area contributed by atoms with Crippen molar-refractivity contribution in [3.8, 4) is 11.5 Å². The maximum atomic E-state index is 13.2. The van der Waals surface area contributed by atoms with Crippen molar-refractivity contribution in [3.63, 3.8) is 0 Å². The Morgan fingerprint density at radius 3 is 2.31 bits per heavy atom. The van der Waals surface area contributed by atoms with Gasteiger partial charge in [0.25, 0.3) is 5.91 Å². The molecule has 7 heteroatoms. The van der Waals surface area contributed by atoms with Crippen molar-refractivity contribution < 1.29 is 19.4 Å². The number of rotatable bonds is 8. The molecule has 0 unspecified atom stereocenters. The van der Waals surface area contributed by atoms with Crippen LogP contribution in [0.15, 0.2) is 54.6 Å². The van der Waals surface area contributed by atoms with Gasteiger partial charge < -0.3 is 25.8 Å². The molecule has 0 radical (unpaired) electrons. The molecule has 3 aromatic carbocycles. The molecule has 4 N–H and O–H groups in total. The number of hydrogen-bond acceptors (Lipinski definition) is 5. The summed E-state index contributed by atoms with van der Waals surface area (Å²) in [6, 6.07) is 16.0. The topological polar surface area (TPSA) is 105 Å². The first-order chi connectivity index (χ1) is 17.3. The van der Waals surface area contributed by atoms with E-state index in [9.17, 15) is 14.7 Å². The third-order valence-corrected chi connectivity index (χ3v) is 6.63. The highest BCUT2D eigenvalue weighted by Crippen LogP contribution is 2.27. The Balaban J connectivity index is 1.45. The van der Waals surface area contributed by atoms with Crippen molar-refractivity contribution in [3.05, 3.63) is 93.5 Å². The molecule has 1 atom stereocenters. The number of aryl methyl sites for hydroxylation is 2. The highest BCUT2D eigenvalue weighted by molar-refractivity contribution is 5.95. The molecule has 4 rings (SSSR count). The van der Waals surface area contributed by atoms with E-state index in [-0.39, 0.29) is 24.1 Å². The molecular formula is C29H33N3O4. The second-order valence-corrected chi connectivity index (χ2v) is 9.27. The van der Waals surface area contributed by atoms with Crippen LogP contribution in [0.2, 0.25) is 0 Å². The van der Waals surface area contributed by atoms with Gasteiger partial charge in [-0.2, -0.15) is 0 Å². The lowest BCUT2D eigenvalue weighted by atomic mass is 9.96. The molecule has 1 heterocycles. The molecule has 0 aliphatic carbocycles. The van der Waals surface area contributed by atoms with Gasteiger partial charge in [-0.3, -0.25) is 9.59 Å². The summed E-state index contributed by atoms with van der Waals surface area (Å²) < 4.78 is 5.75. The van der Waals surface area contributed by atoms with Crippen LogP contribution in [0.5, 0.6) is 11.5 Å². The number of nitrogens with two attached hydrogens (primary N) is 1. The first-order valence-electron chi connectivity index (χ1n) is 12.2. The minimum absolute atomic E-state index is 0.0585. The molecule has 188 valence electrons. The molecule has 2 amide bonds. The number of ether oxygens (including phenoxy) is 1. The Hall–Kier alpha value is -3.84. The smallest absolute Gasteiger partial charge is 0.254 e. The van der Waals surface area contributed by atoms with Crippen molar-refractivity contribution in [1.82, 2.24) is 10.2 Å². The molecule has 0 aromatic heterocycles. The number of benzene rings is 3. The lowest BCUT2D eigenvalue weighted by molar-refractivity contribution is -0.122. The second-order valence-electron chi connectivity index (χ2n) is 9.27. The Morgan fingerprint density at radius 2 is 1.69 bits per heavy atom. The van der Waals surface area contributed by atoms with Crippen molar-refractivity contribution >= 4 is 11.8 Å². The normalized spacial score (nSPS) is 13.3. The van der Waals surface area contributed by atoms with Gasteiger partial charge in [0, 0.05) is 30.8 Å². The van der Waals surface area contributed by atoms with Crippen LogP contribution in [0.25, 0.3) is 0 Å². The lowest BCUT2D eigenvalue weighted by Gasteiger charge is -2.19. The maximum absolute atomic E-state index is 13.2. The van der Waals surface area contributed by atoms with Gasteiger partial charge in [-0.1, -0.05) is 24.3 Å². The van der Waals surface area contributed by atoms with E-state index in [1.54, 1.807) is 30.3 Å². The van der Waals surface area contributed by atoms with Gasteiger partial charge in [-0.05, 0) is 85.3 Å². The van der Waals surface area contributed by atoms with Crippen LogP contribution in [-0.4, -0.2) is 34.5 Å². The fraction of sp³-hybridized carbons (Fsp3) is 0.310. The summed E-state index contributed by atoms with van der Waals surface area (Å²) in [5.41, 5.74) is 12.6. The van der Waals surface area contributed by atoms with Crippen LogP contribution in [0.3, 0.4) is 0 Å². The van der Waals surface area contributed by atoms with E-state index < -0.39 is 6.04 Å². The van der Waals surface area contributed by atoms with Crippen LogP contribution in [0.1, 0.15) is 50.7 Å². The molecule has 3 aromatic rings. The van der Waals surface area contributed by atoms with Gasteiger partial charge in [0.2, 0.25) is 5.91 Å². The number of carbonyl (C=O) groups is 2. The number of fused-ring (bicyclic) bond motifs is 1. The zero-order valence-corrected chi connectivity index (χ0v) is 21.0. The van der Waals surface area contributed by atoms with Gasteiger partial charge in [-0.25, -0.2) is 0 Å². The molecule has 0 saturated heterocycles. The Labute approximate surface area is 211 Å². The zero-order chi connectivity index (χ0) is 25.8. The number of phenolic OH excluding ortho intramolecular Hbond substituents is 1. The van der Waals surface area contributed by atoms with Crippen LogP contribution >= 0.6 is 0 Å². The molecule has 0 fully saturated rings. The van der Waals surface area contributed by atoms with Crippen molar-refractivity contribution in [2.75, 3.05) is 6.61 Å². The molecule has 0 spiro atoms. The SMILES string of the molecule is CCOc1ccc(C(=O)N2Cc3ccccc3C2)cc1CNC(=O)[C@@H](N)Cc1c(C)cc(O)cc1C. The number of nitrogens with zero attached hydrogens (tertiary/aromatic N) is 1. The van der Waals surface area contributed by atoms with Crippen molar-refractivity contribution in [2.24, 2.45) is 5.73 Å². The minimum atomic E-state index is -0.754. The highest BCUT2D eigenvalue weighted by Gasteiger charge is 2.25. The van der Waals surface area contributed by atoms with E-state index >= 15 is 0 Å². The van der Waals surface area contributed by atoms with Gasteiger partial charge in [0.1, 0.15) is 11.5 Å². The molecular weight excluding hydrogens is 454 g/mol. The third-order valence-electron chi connectivity index (χ3n) is 6.63. The average Bonchev–Trinajstić information content (AvgIpc) is 3.29. The summed E-state index contributed by atoms with van der Waals surface area (Å²) in [6.45, 7) is 7.50. The minimum Gasteiger partial charge on any atom is -0.508 e. The van der Waals surface area contributed by atoms with E-state index in [4.69, 9.17) is 10.5 Å². The Bertz CT molecular complexity index is 1240. The maximum Gasteiger partial charge on any atom is 0.254 e. The van der Waals surface area contributed by atoms with E-state index in [1.165, 1.54) is 0 Å². The second kappa shape index (κ2) is 10.8. The number of nitrogens with one attached hydrogen (secondary N) is 1. The molecule has 0 bridgehead atoms. The quantitative estimate of drug-likeness (QED) is 0.449. The van der Waals surface area contributed by atoms with E-state index in [0.717, 1.165) is 33.4 Å². The first kappa shape index (κ1) is 25.3. The van der Waals surface area contributed by atoms with Crippen LogP contribution < -0.4 is 15.8 Å². The van der Waals surface area contributed by atoms with E-state index in [0.29, 0.717) is 37.4 Å². The first-order valence-corrected chi connectivity index (χ1v) is 12.2. The molecule has 7 nitrogen and oxygen atoms in total. The third kappa shape index (κ3) is 5.52. The van der Waals surface area contributed by atoms with Crippen LogP contribution in [0.4, 0.5) is 0 Å². The standard InChI is InChI=1S/C29H33N3O4/c1-4-36-27-10-9-20(29(35)32-16-21-7-5-6-8-22(21)17-32)13-23(27)15-31-28(34)26(30)14-25-18(2)11-24(33)12-19(25)3/h5-13,26,33H,4,14-17,30H2,1-3H3,(H,31,34)/t26-/m0/s1. The Morgan fingerprint density at radius 1 is 1.06 bits per heavy atom. The van der Waals surface area contributed by atoms with Crippen LogP contribution in [0, 0.1) is 13.8 Å². The van der Waals surface area contributed by atoms with Crippen molar-refractivity contribution in [2.45, 2.75) is 52.9 Å². The summed E-state index contributed by atoms with van der Waals surface area (Å²) >= 11 is 0. The van der Waals surface area contributed by atoms with Gasteiger partial charge in [0.05, 0.1) is 12.6 Å². The predicted molar refractivity (Wildman–Crippen MR) is 139 cm³/mol. The molecule has 1 aliphatic heterocycles. The monoisotopic (exact) mass is 487 g/mol. The zero-order valence-electron chi connectivity index (χ0n) is 21.0. The number of hydrogen-bond donors (Lipinski definition) is 3. The summed E-state index contributed by atoms with van der Waals surface area (Å²) in [5, 5.41) is 12.7. The van der Waals surface area contributed by atoms with E-state index in [1.807, 2.05) is 49.9 Å². The average molecular weight is 488 g/mol. The number of aromatic hydroxyl groups is 1. The summed E-state index contributed by atoms with van der Waals surface area (Å²) in [7, 11) is 0. The fourth-order valence-electron chi connectivity index (χ4n) is 4.72.